The zero-order chi connectivity index (χ0) is 16.7. The van der Waals surface area contributed by atoms with Gasteiger partial charge in [0.1, 0.15) is 6.04 Å². The van der Waals surface area contributed by atoms with Crippen LogP contribution in [-0.4, -0.2) is 48.3 Å². The zero-order valence-corrected chi connectivity index (χ0v) is 13.4. The van der Waals surface area contributed by atoms with Gasteiger partial charge in [0, 0.05) is 20.1 Å². The van der Waals surface area contributed by atoms with Gasteiger partial charge in [-0.1, -0.05) is 18.2 Å². The average molecular weight is 310 g/mol. The molecule has 1 aliphatic heterocycles. The Morgan fingerprint density at radius 1 is 1.55 bits per heavy atom. The van der Waals surface area contributed by atoms with Crippen LogP contribution in [-0.2, 0) is 14.3 Å². The number of aliphatic carboxylic acids is 1. The van der Waals surface area contributed by atoms with Crippen LogP contribution in [0.1, 0.15) is 26.7 Å². The van der Waals surface area contributed by atoms with E-state index in [-0.39, 0.29) is 30.0 Å². The third kappa shape index (κ3) is 4.68. The van der Waals surface area contributed by atoms with Gasteiger partial charge in [0.2, 0.25) is 5.91 Å². The van der Waals surface area contributed by atoms with Crippen molar-refractivity contribution < 1.29 is 19.4 Å². The number of carboxylic acids is 1. The molecule has 1 heterocycles. The molecule has 0 saturated carbocycles. The molecular weight excluding hydrogens is 284 g/mol. The molecule has 0 spiro atoms. The van der Waals surface area contributed by atoms with Crippen molar-refractivity contribution >= 4 is 11.9 Å². The summed E-state index contributed by atoms with van der Waals surface area (Å²) in [4.78, 5) is 22.8. The van der Waals surface area contributed by atoms with Crippen LogP contribution in [0.3, 0.4) is 0 Å². The molecule has 22 heavy (non-hydrogen) atoms. The van der Waals surface area contributed by atoms with Crippen molar-refractivity contribution in [1.29, 1.82) is 0 Å². The highest BCUT2D eigenvalue weighted by Crippen LogP contribution is 2.27. The number of carbonyl (C=O) groups is 2. The first-order chi connectivity index (χ1) is 10.4. The van der Waals surface area contributed by atoms with Gasteiger partial charge in [0.05, 0.1) is 12.1 Å². The first-order valence-electron chi connectivity index (χ1n) is 7.47. The van der Waals surface area contributed by atoms with E-state index in [1.165, 1.54) is 6.92 Å². The van der Waals surface area contributed by atoms with Gasteiger partial charge in [-0.15, -0.1) is 6.58 Å². The lowest BCUT2D eigenvalue weighted by atomic mass is 9.89. The van der Waals surface area contributed by atoms with Crippen molar-refractivity contribution in [3.8, 4) is 0 Å². The Morgan fingerprint density at radius 3 is 2.68 bits per heavy atom. The smallest absolute Gasteiger partial charge is 0.320 e. The van der Waals surface area contributed by atoms with Gasteiger partial charge in [0.25, 0.3) is 0 Å². The van der Waals surface area contributed by atoms with Crippen LogP contribution in [0.15, 0.2) is 24.8 Å². The molecule has 1 amide bonds. The molecule has 1 fully saturated rings. The fourth-order valence-corrected chi connectivity index (χ4v) is 3.03. The highest BCUT2D eigenvalue weighted by Gasteiger charge is 2.42. The Labute approximate surface area is 131 Å². The normalized spacial score (nSPS) is 27.5. The van der Waals surface area contributed by atoms with Gasteiger partial charge in [-0.2, -0.15) is 0 Å². The van der Waals surface area contributed by atoms with E-state index >= 15 is 0 Å². The highest BCUT2D eigenvalue weighted by molar-refractivity contribution is 5.75. The fraction of sp³-hybridized carbons (Fsp3) is 0.625. The second-order valence-corrected chi connectivity index (χ2v) is 5.53. The predicted octanol–water partition coefficient (Wildman–Crippen LogP) is 1.09. The molecule has 3 N–H and O–H groups in total. The standard InChI is InChI=1S/C16H26N2O4/c1-5-7-11-9-12(16(20)21)18-14(11)15(17-10(3)19)13(22-4)8-6-2/h5-7,11-15,18H,2,8-9H2,1,3-4H3,(H,17,19)(H,20,21)/b7-5-/t11-,12-,13+,14-,15+/m1/s1. The predicted molar refractivity (Wildman–Crippen MR) is 84.5 cm³/mol. The van der Waals surface area contributed by atoms with E-state index in [2.05, 4.69) is 17.2 Å². The van der Waals surface area contributed by atoms with Crippen molar-refractivity contribution in [2.24, 2.45) is 5.92 Å². The molecule has 0 aliphatic carbocycles. The maximum atomic E-state index is 11.6. The zero-order valence-electron chi connectivity index (χ0n) is 13.4. The Kier molecular flexibility index (Phi) is 7.27. The lowest BCUT2D eigenvalue weighted by Gasteiger charge is -2.33. The summed E-state index contributed by atoms with van der Waals surface area (Å²) in [6.45, 7) is 7.06. The van der Waals surface area contributed by atoms with E-state index in [0.717, 1.165) is 0 Å². The molecule has 0 aromatic carbocycles. The summed E-state index contributed by atoms with van der Waals surface area (Å²) in [7, 11) is 1.58. The van der Waals surface area contributed by atoms with Crippen molar-refractivity contribution in [3.63, 3.8) is 0 Å². The second kappa shape index (κ2) is 8.70. The molecule has 1 saturated heterocycles. The molecule has 1 rings (SSSR count). The number of methoxy groups -OCH3 is 1. The van der Waals surface area contributed by atoms with Gasteiger partial charge >= 0.3 is 5.97 Å². The third-order valence-electron chi connectivity index (χ3n) is 3.96. The van der Waals surface area contributed by atoms with E-state index in [4.69, 9.17) is 4.74 Å². The Bertz CT molecular complexity index is 436. The molecule has 0 aromatic rings. The number of nitrogens with one attached hydrogen (secondary N) is 2. The minimum Gasteiger partial charge on any atom is -0.480 e. The third-order valence-corrected chi connectivity index (χ3v) is 3.96. The molecule has 0 radical (unpaired) electrons. The quantitative estimate of drug-likeness (QED) is 0.584. The summed E-state index contributed by atoms with van der Waals surface area (Å²) in [5.74, 6) is -1.03. The number of hydrogen-bond donors (Lipinski definition) is 3. The number of allylic oxidation sites excluding steroid dienone is 1. The van der Waals surface area contributed by atoms with Crippen LogP contribution in [0, 0.1) is 5.92 Å². The monoisotopic (exact) mass is 310 g/mol. The summed E-state index contributed by atoms with van der Waals surface area (Å²) >= 11 is 0. The first kappa shape index (κ1) is 18.4. The van der Waals surface area contributed by atoms with E-state index in [9.17, 15) is 14.7 Å². The summed E-state index contributed by atoms with van der Waals surface area (Å²) in [6.07, 6.45) is 6.42. The van der Waals surface area contributed by atoms with Gasteiger partial charge < -0.3 is 15.2 Å². The van der Waals surface area contributed by atoms with Crippen LogP contribution in [0.4, 0.5) is 0 Å². The van der Waals surface area contributed by atoms with E-state index in [0.29, 0.717) is 12.8 Å². The maximum absolute atomic E-state index is 11.6. The number of carboxylic acid groups (broad SMARTS) is 1. The number of amides is 1. The van der Waals surface area contributed by atoms with Gasteiger partial charge in [0.15, 0.2) is 0 Å². The summed E-state index contributed by atoms with van der Waals surface area (Å²) in [6, 6.07) is -1.15. The Morgan fingerprint density at radius 2 is 2.23 bits per heavy atom. The van der Waals surface area contributed by atoms with Crippen LogP contribution in [0.25, 0.3) is 0 Å². The molecule has 6 nitrogen and oxygen atoms in total. The molecule has 1 aliphatic rings. The van der Waals surface area contributed by atoms with E-state index in [1.807, 2.05) is 19.1 Å². The molecular formula is C16H26N2O4. The SMILES string of the molecule is C=CC[C@H](OC)[C@H](NC(C)=O)[C@@H]1N[C@@H](C(=O)O)C[C@H]1/C=C\C. The Hall–Kier alpha value is -1.66. The molecule has 124 valence electrons. The number of ether oxygens (including phenoxy) is 1. The van der Waals surface area contributed by atoms with Crippen LogP contribution in [0.2, 0.25) is 0 Å². The van der Waals surface area contributed by atoms with Gasteiger partial charge in [-0.25, -0.2) is 0 Å². The highest BCUT2D eigenvalue weighted by atomic mass is 16.5. The molecule has 0 unspecified atom stereocenters. The minimum atomic E-state index is -0.878. The number of carbonyl (C=O) groups excluding carboxylic acids is 1. The minimum absolute atomic E-state index is 0.0189. The van der Waals surface area contributed by atoms with Gasteiger partial charge in [-0.05, 0) is 25.7 Å². The molecule has 0 aromatic heterocycles. The largest absolute Gasteiger partial charge is 0.480 e. The summed E-state index contributed by atoms with van der Waals surface area (Å²) in [5.41, 5.74) is 0. The van der Waals surface area contributed by atoms with Crippen molar-refractivity contribution in [3.05, 3.63) is 24.8 Å². The summed E-state index contributed by atoms with van der Waals surface area (Å²) in [5, 5.41) is 15.3. The lowest BCUT2D eigenvalue weighted by molar-refractivity contribution is -0.139. The van der Waals surface area contributed by atoms with Crippen LogP contribution in [0.5, 0.6) is 0 Å². The van der Waals surface area contributed by atoms with E-state index in [1.54, 1.807) is 13.2 Å². The molecule has 6 heteroatoms. The van der Waals surface area contributed by atoms with Crippen LogP contribution >= 0.6 is 0 Å². The Balaban J connectivity index is 3.05. The number of hydrogen-bond acceptors (Lipinski definition) is 4. The van der Waals surface area contributed by atoms with Crippen LogP contribution < -0.4 is 10.6 Å². The number of rotatable bonds is 8. The topological polar surface area (TPSA) is 87.7 Å². The lowest BCUT2D eigenvalue weighted by Crippen LogP contribution is -2.57. The van der Waals surface area contributed by atoms with Crippen molar-refractivity contribution in [2.75, 3.05) is 7.11 Å². The van der Waals surface area contributed by atoms with Gasteiger partial charge in [-0.3, -0.25) is 14.9 Å². The van der Waals surface area contributed by atoms with Crippen molar-refractivity contribution in [2.45, 2.75) is 50.9 Å². The average Bonchev–Trinajstić information content (AvgIpc) is 2.87. The van der Waals surface area contributed by atoms with Crippen molar-refractivity contribution in [1.82, 2.24) is 10.6 Å². The second-order valence-electron chi connectivity index (χ2n) is 5.53. The molecule has 0 bridgehead atoms. The fourth-order valence-electron chi connectivity index (χ4n) is 3.03. The summed E-state index contributed by atoms with van der Waals surface area (Å²) < 4.78 is 5.49. The van der Waals surface area contributed by atoms with E-state index < -0.39 is 12.0 Å². The maximum Gasteiger partial charge on any atom is 0.320 e. The first-order valence-corrected chi connectivity index (χ1v) is 7.47. The molecule has 5 atom stereocenters.